The molecule has 1 aliphatic heterocycles. The van der Waals surface area contributed by atoms with Crippen molar-refractivity contribution in [3.63, 3.8) is 0 Å². The van der Waals surface area contributed by atoms with Crippen LogP contribution in [-0.2, 0) is 4.79 Å². The van der Waals surface area contributed by atoms with Gasteiger partial charge in [-0.15, -0.1) is 0 Å². The molecule has 0 aromatic carbocycles. The minimum absolute atomic E-state index is 0.220. The topological polar surface area (TPSA) is 23.6 Å². The lowest BCUT2D eigenvalue weighted by atomic mass is 10.0. The van der Waals surface area contributed by atoms with Crippen LogP contribution in [0.5, 0.6) is 0 Å². The molecule has 1 atom stereocenters. The number of carbonyl (C=O) groups is 1. The van der Waals surface area contributed by atoms with Gasteiger partial charge in [0.2, 0.25) is 5.91 Å². The van der Waals surface area contributed by atoms with Crippen molar-refractivity contribution in [2.75, 3.05) is 27.2 Å². The third-order valence-electron chi connectivity index (χ3n) is 3.02. The van der Waals surface area contributed by atoms with Crippen LogP contribution in [-0.4, -0.2) is 48.9 Å². The monoisotopic (exact) mass is 198 g/mol. The zero-order chi connectivity index (χ0) is 10.7. The second-order valence-electron chi connectivity index (χ2n) is 4.71. The lowest BCUT2D eigenvalue weighted by molar-refractivity contribution is -0.130. The van der Waals surface area contributed by atoms with E-state index in [-0.39, 0.29) is 5.91 Å². The Kier molecular flexibility index (Phi) is 3.93. The van der Waals surface area contributed by atoms with Crippen molar-refractivity contribution in [3.8, 4) is 0 Å². The van der Waals surface area contributed by atoms with Crippen molar-refractivity contribution in [1.29, 1.82) is 0 Å². The van der Waals surface area contributed by atoms with E-state index in [1.54, 1.807) is 4.90 Å². The first-order valence-electron chi connectivity index (χ1n) is 5.46. The fraction of sp³-hybridized carbons (Fsp3) is 0.909. The van der Waals surface area contributed by atoms with Crippen LogP contribution in [0.25, 0.3) is 0 Å². The van der Waals surface area contributed by atoms with Gasteiger partial charge in [0.1, 0.15) is 0 Å². The molecule has 1 rings (SSSR count). The number of hydrogen-bond acceptors (Lipinski definition) is 2. The summed E-state index contributed by atoms with van der Waals surface area (Å²) in [4.78, 5) is 15.6. The van der Waals surface area contributed by atoms with Gasteiger partial charge in [-0.3, -0.25) is 9.69 Å². The van der Waals surface area contributed by atoms with E-state index in [1.165, 1.54) is 12.8 Å². The maximum Gasteiger partial charge on any atom is 0.236 e. The minimum atomic E-state index is 0.220. The molecule has 0 spiro atoms. The van der Waals surface area contributed by atoms with E-state index in [0.717, 1.165) is 6.54 Å². The molecule has 1 aliphatic rings. The molecule has 0 radical (unpaired) electrons. The lowest BCUT2D eigenvalue weighted by Crippen LogP contribution is -2.41. The molecule has 0 aliphatic carbocycles. The SMILES string of the molecule is CC(C)C1CCCN1CC(=O)N(C)C. The summed E-state index contributed by atoms with van der Waals surface area (Å²) in [5, 5.41) is 0. The summed E-state index contributed by atoms with van der Waals surface area (Å²) in [6.07, 6.45) is 2.49. The summed E-state index contributed by atoms with van der Waals surface area (Å²) in [7, 11) is 3.64. The summed E-state index contributed by atoms with van der Waals surface area (Å²) in [5.74, 6) is 0.880. The molecule has 1 fully saturated rings. The van der Waals surface area contributed by atoms with Crippen molar-refractivity contribution < 1.29 is 4.79 Å². The van der Waals surface area contributed by atoms with Crippen LogP contribution < -0.4 is 0 Å². The van der Waals surface area contributed by atoms with Gasteiger partial charge in [-0.25, -0.2) is 0 Å². The molecule has 82 valence electrons. The standard InChI is InChI=1S/C11H22N2O/c1-9(2)10-6-5-7-13(10)8-11(14)12(3)4/h9-10H,5-8H2,1-4H3. The molecular formula is C11H22N2O. The van der Waals surface area contributed by atoms with Gasteiger partial charge >= 0.3 is 0 Å². The Labute approximate surface area is 87.1 Å². The molecule has 0 N–H and O–H groups in total. The fourth-order valence-electron chi connectivity index (χ4n) is 2.12. The van der Waals surface area contributed by atoms with Crippen LogP contribution in [0.3, 0.4) is 0 Å². The smallest absolute Gasteiger partial charge is 0.236 e. The van der Waals surface area contributed by atoms with Gasteiger partial charge in [0, 0.05) is 20.1 Å². The zero-order valence-corrected chi connectivity index (χ0v) is 9.79. The van der Waals surface area contributed by atoms with Gasteiger partial charge in [-0.2, -0.15) is 0 Å². The van der Waals surface area contributed by atoms with E-state index < -0.39 is 0 Å². The molecule has 14 heavy (non-hydrogen) atoms. The van der Waals surface area contributed by atoms with Crippen LogP contribution in [0.2, 0.25) is 0 Å². The second-order valence-corrected chi connectivity index (χ2v) is 4.71. The Morgan fingerprint density at radius 3 is 2.64 bits per heavy atom. The van der Waals surface area contributed by atoms with Crippen LogP contribution in [0.15, 0.2) is 0 Å². The second kappa shape index (κ2) is 4.78. The third kappa shape index (κ3) is 2.71. The molecule has 0 bridgehead atoms. The average Bonchev–Trinajstić information content (AvgIpc) is 2.52. The predicted molar refractivity (Wildman–Crippen MR) is 58.1 cm³/mol. The normalized spacial score (nSPS) is 23.1. The van der Waals surface area contributed by atoms with Gasteiger partial charge < -0.3 is 4.90 Å². The highest BCUT2D eigenvalue weighted by molar-refractivity contribution is 5.77. The number of amides is 1. The average molecular weight is 198 g/mol. The van der Waals surface area contributed by atoms with E-state index in [1.807, 2.05) is 14.1 Å². The molecule has 0 saturated carbocycles. The molecule has 3 nitrogen and oxygen atoms in total. The molecule has 1 heterocycles. The number of likely N-dealkylation sites (N-methyl/N-ethyl adjacent to an activating group) is 1. The van der Waals surface area contributed by atoms with Crippen LogP contribution in [0.1, 0.15) is 26.7 Å². The Morgan fingerprint density at radius 1 is 1.50 bits per heavy atom. The van der Waals surface area contributed by atoms with E-state index in [2.05, 4.69) is 18.7 Å². The fourth-order valence-corrected chi connectivity index (χ4v) is 2.12. The van der Waals surface area contributed by atoms with Crippen LogP contribution >= 0.6 is 0 Å². The molecule has 1 amide bonds. The highest BCUT2D eigenvalue weighted by Gasteiger charge is 2.28. The third-order valence-corrected chi connectivity index (χ3v) is 3.02. The molecule has 1 saturated heterocycles. The van der Waals surface area contributed by atoms with E-state index in [4.69, 9.17) is 0 Å². The molecular weight excluding hydrogens is 176 g/mol. The molecule has 1 unspecified atom stereocenters. The van der Waals surface area contributed by atoms with Gasteiger partial charge in [-0.05, 0) is 25.3 Å². The number of carbonyl (C=O) groups excluding carboxylic acids is 1. The predicted octanol–water partition coefficient (Wildman–Crippen LogP) is 1.20. The van der Waals surface area contributed by atoms with Gasteiger partial charge in [0.15, 0.2) is 0 Å². The summed E-state index contributed by atoms with van der Waals surface area (Å²) in [5.41, 5.74) is 0. The Hall–Kier alpha value is -0.570. The van der Waals surface area contributed by atoms with Crippen LogP contribution in [0.4, 0.5) is 0 Å². The van der Waals surface area contributed by atoms with Crippen molar-refractivity contribution in [2.24, 2.45) is 5.92 Å². The Balaban J connectivity index is 2.47. The van der Waals surface area contributed by atoms with E-state index in [0.29, 0.717) is 18.5 Å². The largest absolute Gasteiger partial charge is 0.348 e. The van der Waals surface area contributed by atoms with Gasteiger partial charge in [0.05, 0.1) is 6.54 Å². The zero-order valence-electron chi connectivity index (χ0n) is 9.79. The summed E-state index contributed by atoms with van der Waals surface area (Å²) < 4.78 is 0. The van der Waals surface area contributed by atoms with E-state index >= 15 is 0 Å². The van der Waals surface area contributed by atoms with Crippen molar-refractivity contribution in [3.05, 3.63) is 0 Å². The maximum atomic E-state index is 11.6. The number of rotatable bonds is 3. The minimum Gasteiger partial charge on any atom is -0.348 e. The first-order valence-corrected chi connectivity index (χ1v) is 5.46. The maximum absolute atomic E-state index is 11.6. The summed E-state index contributed by atoms with van der Waals surface area (Å²) in [6, 6.07) is 0.610. The number of nitrogens with zero attached hydrogens (tertiary/aromatic N) is 2. The number of hydrogen-bond donors (Lipinski definition) is 0. The van der Waals surface area contributed by atoms with Gasteiger partial charge in [-0.1, -0.05) is 13.8 Å². The van der Waals surface area contributed by atoms with Crippen molar-refractivity contribution in [1.82, 2.24) is 9.80 Å². The van der Waals surface area contributed by atoms with Gasteiger partial charge in [0.25, 0.3) is 0 Å². The lowest BCUT2D eigenvalue weighted by Gasteiger charge is -2.27. The first-order chi connectivity index (χ1) is 6.52. The van der Waals surface area contributed by atoms with E-state index in [9.17, 15) is 4.79 Å². The van der Waals surface area contributed by atoms with Crippen LogP contribution in [0, 0.1) is 5.92 Å². The number of likely N-dealkylation sites (tertiary alicyclic amines) is 1. The Bertz CT molecular complexity index is 201. The summed E-state index contributed by atoms with van der Waals surface area (Å²) >= 11 is 0. The Morgan fingerprint density at radius 2 is 2.14 bits per heavy atom. The summed E-state index contributed by atoms with van der Waals surface area (Å²) in [6.45, 7) is 6.16. The molecule has 0 aromatic heterocycles. The molecule has 3 heteroatoms. The van der Waals surface area contributed by atoms with Crippen molar-refractivity contribution >= 4 is 5.91 Å². The molecule has 0 aromatic rings. The van der Waals surface area contributed by atoms with Crippen molar-refractivity contribution in [2.45, 2.75) is 32.7 Å². The quantitative estimate of drug-likeness (QED) is 0.680. The first kappa shape index (κ1) is 11.5. The highest BCUT2D eigenvalue weighted by atomic mass is 16.2. The highest BCUT2D eigenvalue weighted by Crippen LogP contribution is 2.23.